The molecule has 0 spiro atoms. The Morgan fingerprint density at radius 1 is 0.548 bits per heavy atom. The monoisotopic (exact) mass is 632 g/mol. The quantitative estimate of drug-likeness (QED) is 0.163. The second kappa shape index (κ2) is 18.1. The topological polar surface area (TPSA) is 78.9 Å². The number of rotatable bonds is 15. The molecule has 0 aliphatic rings. The summed E-state index contributed by atoms with van der Waals surface area (Å²) in [7, 11) is 0. The number of hydrogen-bond acceptors (Lipinski definition) is 6. The van der Waals surface area contributed by atoms with Crippen molar-refractivity contribution < 1.29 is 22.8 Å². The first-order valence-electron chi connectivity index (χ1n) is 11.4. The summed E-state index contributed by atoms with van der Waals surface area (Å²) in [5.41, 5.74) is 1.51. The summed E-state index contributed by atoms with van der Waals surface area (Å²) in [6.07, 6.45) is 11.9. The average Bonchev–Trinajstić information content (AvgIpc) is 2.75. The van der Waals surface area contributed by atoms with Crippen LogP contribution in [0.15, 0.2) is 34.9 Å². The van der Waals surface area contributed by atoms with Crippen molar-refractivity contribution >= 4 is 41.0 Å². The fourth-order valence-corrected chi connectivity index (χ4v) is 5.89. The van der Waals surface area contributed by atoms with E-state index in [4.69, 9.17) is 8.44 Å². The van der Waals surface area contributed by atoms with Gasteiger partial charge in [0.1, 0.15) is 0 Å². The molecule has 0 unspecified atom stereocenters. The molecule has 0 saturated carbocycles. The van der Waals surface area contributed by atoms with E-state index >= 15 is 0 Å². The molecular weight excluding hydrogens is 593 g/mol. The zero-order valence-corrected chi connectivity index (χ0v) is 23.5. The number of hydrogen-bond donors (Lipinski definition) is 0. The second-order valence-electron chi connectivity index (χ2n) is 6.97. The fourth-order valence-electron chi connectivity index (χ4n) is 2.51. The third-order valence-corrected chi connectivity index (χ3v) is 8.11. The van der Waals surface area contributed by atoms with E-state index in [0.717, 1.165) is 38.5 Å². The van der Waals surface area contributed by atoms with Crippen molar-refractivity contribution in [1.29, 1.82) is 0 Å². The summed E-state index contributed by atoms with van der Waals surface area (Å²) < 4.78 is 16.5. The van der Waals surface area contributed by atoms with Gasteiger partial charge in [-0.3, -0.25) is 0 Å². The van der Waals surface area contributed by atoms with Crippen molar-refractivity contribution in [1.82, 2.24) is 0 Å². The van der Waals surface area contributed by atoms with Gasteiger partial charge >= 0.3 is 198 Å². The molecule has 0 aliphatic heterocycles. The average molecular weight is 633 g/mol. The minimum absolute atomic E-state index is 0.492. The van der Waals surface area contributed by atoms with Gasteiger partial charge in [-0.2, -0.15) is 0 Å². The normalized spacial score (nSPS) is 12.7. The Bertz CT molecular complexity index is 573. The third kappa shape index (κ3) is 12.2. The molecule has 0 aromatic carbocycles. The molecule has 31 heavy (non-hydrogen) atoms. The molecule has 7 heteroatoms. The summed E-state index contributed by atoms with van der Waals surface area (Å²) in [5.74, 6) is -1.71. The molecule has 0 bridgehead atoms. The molecule has 6 nitrogen and oxygen atoms in total. The van der Waals surface area contributed by atoms with E-state index in [-0.39, 0.29) is 0 Å². The minimum atomic E-state index is -4.16. The van der Waals surface area contributed by atoms with Crippen LogP contribution in [0.5, 0.6) is 0 Å². The maximum absolute atomic E-state index is 12.6. The first-order chi connectivity index (χ1) is 14.9. The zero-order valence-electron chi connectivity index (χ0n) is 20.0. The molecule has 0 aromatic heterocycles. The van der Waals surface area contributed by atoms with Gasteiger partial charge in [0.25, 0.3) is 0 Å². The molecule has 0 heterocycles. The van der Waals surface area contributed by atoms with Crippen molar-refractivity contribution in [2.75, 3.05) is 0 Å². The standard InChI is InChI=1S/3C8H14O2.Bi/c3*1-3-5-6-7(4-2)8(9)10;/h3*6H,3-5H2,1-2H3,(H,9,10);/q;;;+3/p-3. The molecule has 0 aliphatic carbocycles. The summed E-state index contributed by atoms with van der Waals surface area (Å²) >= 11 is -4.16. The number of allylic oxidation sites excluding steroid dienone is 3. The molecule has 0 amide bonds. The Balaban J connectivity index is 5.62. The molecule has 0 aromatic rings. The van der Waals surface area contributed by atoms with Gasteiger partial charge in [0.05, 0.1) is 0 Å². The van der Waals surface area contributed by atoms with Crippen LogP contribution in [0, 0.1) is 0 Å². The summed E-state index contributed by atoms with van der Waals surface area (Å²) in [6.45, 7) is 11.6. The molecular formula is C24H39BiO6. The van der Waals surface area contributed by atoms with Gasteiger partial charge in [-0.25, -0.2) is 0 Å². The van der Waals surface area contributed by atoms with Crippen molar-refractivity contribution in [2.45, 2.75) is 99.3 Å². The van der Waals surface area contributed by atoms with Crippen LogP contribution in [0.25, 0.3) is 0 Å². The van der Waals surface area contributed by atoms with Gasteiger partial charge in [-0.15, -0.1) is 0 Å². The van der Waals surface area contributed by atoms with Crippen LogP contribution in [0.4, 0.5) is 0 Å². The van der Waals surface area contributed by atoms with Crippen LogP contribution >= 0.6 is 0 Å². The second-order valence-corrected chi connectivity index (χ2v) is 10.8. The van der Waals surface area contributed by atoms with Gasteiger partial charge in [-0.05, 0) is 0 Å². The predicted octanol–water partition coefficient (Wildman–Crippen LogP) is 6.01. The Hall–Kier alpha value is -1.49. The van der Waals surface area contributed by atoms with Gasteiger partial charge in [0.15, 0.2) is 0 Å². The first-order valence-corrected chi connectivity index (χ1v) is 15.7. The van der Waals surface area contributed by atoms with Crippen LogP contribution in [0.2, 0.25) is 0 Å². The molecule has 0 atom stereocenters. The predicted molar refractivity (Wildman–Crippen MR) is 124 cm³/mol. The van der Waals surface area contributed by atoms with Crippen molar-refractivity contribution in [3.63, 3.8) is 0 Å². The van der Waals surface area contributed by atoms with E-state index in [1.54, 1.807) is 0 Å². The van der Waals surface area contributed by atoms with Crippen LogP contribution in [0.1, 0.15) is 99.3 Å². The van der Waals surface area contributed by atoms with Gasteiger partial charge in [-0.1, -0.05) is 0 Å². The summed E-state index contributed by atoms with van der Waals surface area (Å²) in [4.78, 5) is 37.9. The van der Waals surface area contributed by atoms with Crippen LogP contribution < -0.4 is 0 Å². The molecule has 176 valence electrons. The zero-order chi connectivity index (χ0) is 23.6. The summed E-state index contributed by atoms with van der Waals surface area (Å²) in [5, 5.41) is 0. The Kier molecular flexibility index (Phi) is 17.3. The molecule has 0 N–H and O–H groups in total. The molecule has 0 radical (unpaired) electrons. The van der Waals surface area contributed by atoms with E-state index in [1.165, 1.54) is 0 Å². The van der Waals surface area contributed by atoms with Crippen molar-refractivity contribution in [3.8, 4) is 0 Å². The van der Waals surface area contributed by atoms with E-state index in [1.807, 2.05) is 59.8 Å². The van der Waals surface area contributed by atoms with E-state index in [0.29, 0.717) is 36.0 Å². The Morgan fingerprint density at radius 3 is 1.00 bits per heavy atom. The van der Waals surface area contributed by atoms with Gasteiger partial charge in [0, 0.05) is 0 Å². The van der Waals surface area contributed by atoms with Gasteiger partial charge < -0.3 is 0 Å². The van der Waals surface area contributed by atoms with Crippen LogP contribution in [0.3, 0.4) is 0 Å². The molecule has 0 saturated heterocycles. The molecule has 0 fully saturated rings. The van der Waals surface area contributed by atoms with Crippen molar-refractivity contribution in [3.05, 3.63) is 34.9 Å². The van der Waals surface area contributed by atoms with Crippen LogP contribution in [-0.2, 0) is 22.8 Å². The third-order valence-electron chi connectivity index (χ3n) is 4.44. The first kappa shape index (κ1) is 29.5. The SMILES string of the molecule is CCCC=C(CC)C(=O)[O][Bi]([O]C(=O)C(=CCCC)CC)[O]C(=O)C(=CCCC)CC. The van der Waals surface area contributed by atoms with Gasteiger partial charge in [0.2, 0.25) is 0 Å². The fraction of sp³-hybridized carbons (Fsp3) is 0.625. The molecule has 0 rings (SSSR count). The Morgan fingerprint density at radius 2 is 0.806 bits per heavy atom. The van der Waals surface area contributed by atoms with Crippen molar-refractivity contribution in [2.24, 2.45) is 0 Å². The van der Waals surface area contributed by atoms with Crippen LogP contribution in [-0.4, -0.2) is 41.0 Å². The number of carbonyl (C=O) groups excluding carboxylic acids is 3. The maximum atomic E-state index is 12.6. The Labute approximate surface area is 197 Å². The number of carbonyl (C=O) groups is 3. The summed E-state index contributed by atoms with van der Waals surface area (Å²) in [6, 6.07) is 0. The van der Waals surface area contributed by atoms with E-state index in [2.05, 4.69) is 0 Å². The van der Waals surface area contributed by atoms with E-state index < -0.39 is 41.0 Å². The van der Waals surface area contributed by atoms with E-state index in [9.17, 15) is 14.4 Å². The number of unbranched alkanes of at least 4 members (excludes halogenated alkanes) is 3.